The number of rotatable bonds is 6. The van der Waals surface area contributed by atoms with Gasteiger partial charge in [-0.05, 0) is 13.2 Å². The van der Waals surface area contributed by atoms with E-state index in [-0.39, 0.29) is 18.3 Å². The molecule has 14 heavy (non-hydrogen) atoms. The van der Waals surface area contributed by atoms with Gasteiger partial charge in [0.15, 0.2) is 0 Å². The molecule has 0 aliphatic heterocycles. The number of carbonyl (C=O) groups is 2. The van der Waals surface area contributed by atoms with Crippen molar-refractivity contribution in [2.45, 2.75) is 13.3 Å². The molecule has 0 bridgehead atoms. The molecule has 5 heteroatoms. The molecular weight excluding hydrogens is 202 g/mol. The zero-order chi connectivity index (χ0) is 11.0. The van der Waals surface area contributed by atoms with Gasteiger partial charge in [-0.25, -0.2) is 0 Å². The minimum absolute atomic E-state index is 0.0433. The summed E-state index contributed by atoms with van der Waals surface area (Å²) in [6.45, 7) is 2.58. The number of ether oxygens (including phenoxy) is 1. The lowest BCUT2D eigenvalue weighted by Crippen LogP contribution is -2.30. The third kappa shape index (κ3) is 5.85. The molecule has 0 aliphatic rings. The Balaban J connectivity index is 3.67. The van der Waals surface area contributed by atoms with Gasteiger partial charge in [0.1, 0.15) is 0 Å². The topological polar surface area (TPSA) is 46.6 Å². The largest absolute Gasteiger partial charge is 0.466 e. The third-order valence-corrected chi connectivity index (χ3v) is 2.19. The van der Waals surface area contributed by atoms with Crippen molar-refractivity contribution in [1.82, 2.24) is 4.90 Å². The van der Waals surface area contributed by atoms with Crippen LogP contribution in [0.25, 0.3) is 0 Å². The maximum absolute atomic E-state index is 11.3. The quantitative estimate of drug-likeness (QED) is 0.619. The van der Waals surface area contributed by atoms with Crippen LogP contribution in [0.2, 0.25) is 0 Å². The molecular formula is C9H17NO3S. The van der Waals surface area contributed by atoms with Gasteiger partial charge < -0.3 is 9.64 Å². The van der Waals surface area contributed by atoms with Crippen LogP contribution in [0.4, 0.5) is 0 Å². The molecule has 1 amide bonds. The SMILES string of the molecule is CCOC(=O)CCN(C)C(=O)CSC. The molecule has 0 aromatic carbocycles. The first-order valence-electron chi connectivity index (χ1n) is 4.50. The first-order valence-corrected chi connectivity index (χ1v) is 5.89. The number of hydrogen-bond acceptors (Lipinski definition) is 4. The first kappa shape index (κ1) is 13.3. The average molecular weight is 219 g/mol. The van der Waals surface area contributed by atoms with Crippen molar-refractivity contribution in [3.8, 4) is 0 Å². The molecule has 0 heterocycles. The van der Waals surface area contributed by atoms with Gasteiger partial charge in [0.05, 0.1) is 18.8 Å². The first-order chi connectivity index (χ1) is 6.61. The lowest BCUT2D eigenvalue weighted by Gasteiger charge is -2.15. The van der Waals surface area contributed by atoms with E-state index >= 15 is 0 Å². The zero-order valence-corrected chi connectivity index (χ0v) is 9.73. The van der Waals surface area contributed by atoms with Gasteiger partial charge in [0.25, 0.3) is 0 Å². The fourth-order valence-electron chi connectivity index (χ4n) is 0.851. The van der Waals surface area contributed by atoms with Crippen molar-refractivity contribution in [2.24, 2.45) is 0 Å². The number of carbonyl (C=O) groups excluding carboxylic acids is 2. The van der Waals surface area contributed by atoms with E-state index in [1.807, 2.05) is 6.26 Å². The second-order valence-corrected chi connectivity index (χ2v) is 3.67. The van der Waals surface area contributed by atoms with Crippen LogP contribution < -0.4 is 0 Å². The molecule has 0 radical (unpaired) electrons. The van der Waals surface area contributed by atoms with Crippen LogP contribution in [-0.2, 0) is 14.3 Å². The fourth-order valence-corrected chi connectivity index (χ4v) is 1.32. The Morgan fingerprint density at radius 2 is 2.07 bits per heavy atom. The Kier molecular flexibility index (Phi) is 7.28. The number of amides is 1. The summed E-state index contributed by atoms with van der Waals surface area (Å²) in [6, 6.07) is 0. The van der Waals surface area contributed by atoms with Crippen molar-refractivity contribution in [3.63, 3.8) is 0 Å². The average Bonchev–Trinajstić information content (AvgIpc) is 2.15. The third-order valence-electron chi connectivity index (χ3n) is 1.65. The number of nitrogens with zero attached hydrogens (tertiary/aromatic N) is 1. The van der Waals surface area contributed by atoms with Crippen molar-refractivity contribution in [3.05, 3.63) is 0 Å². The predicted molar refractivity (Wildman–Crippen MR) is 57.3 cm³/mol. The molecule has 0 fully saturated rings. The molecule has 0 unspecified atom stereocenters. The highest BCUT2D eigenvalue weighted by atomic mass is 32.2. The molecule has 0 rings (SSSR count). The van der Waals surface area contributed by atoms with Crippen LogP contribution in [0.15, 0.2) is 0 Å². The van der Waals surface area contributed by atoms with E-state index in [9.17, 15) is 9.59 Å². The zero-order valence-electron chi connectivity index (χ0n) is 8.91. The summed E-state index contributed by atoms with van der Waals surface area (Å²) in [5, 5.41) is 0. The maximum Gasteiger partial charge on any atom is 0.307 e. The highest BCUT2D eigenvalue weighted by Gasteiger charge is 2.09. The summed E-state index contributed by atoms with van der Waals surface area (Å²) in [5.41, 5.74) is 0. The van der Waals surface area contributed by atoms with Gasteiger partial charge in [-0.3, -0.25) is 9.59 Å². The summed E-state index contributed by atoms with van der Waals surface area (Å²) >= 11 is 1.48. The van der Waals surface area contributed by atoms with Gasteiger partial charge in [0.2, 0.25) is 5.91 Å². The molecule has 0 aromatic rings. The highest BCUT2D eigenvalue weighted by Crippen LogP contribution is 1.97. The normalized spacial score (nSPS) is 9.64. The van der Waals surface area contributed by atoms with E-state index < -0.39 is 0 Å². The summed E-state index contributed by atoms with van der Waals surface area (Å²) in [5.74, 6) is 0.248. The van der Waals surface area contributed by atoms with Gasteiger partial charge in [0, 0.05) is 13.6 Å². The van der Waals surface area contributed by atoms with E-state index in [0.29, 0.717) is 18.9 Å². The van der Waals surface area contributed by atoms with Crippen LogP contribution in [-0.4, -0.2) is 49.0 Å². The maximum atomic E-state index is 11.3. The van der Waals surface area contributed by atoms with E-state index in [4.69, 9.17) is 4.74 Å². The Morgan fingerprint density at radius 3 is 2.57 bits per heavy atom. The Bertz CT molecular complexity index is 196. The molecule has 0 aliphatic carbocycles. The predicted octanol–water partition coefficient (Wildman–Crippen LogP) is 0.761. The second-order valence-electron chi connectivity index (χ2n) is 2.80. The standard InChI is InChI=1S/C9H17NO3S/c1-4-13-9(12)5-6-10(2)8(11)7-14-3/h4-7H2,1-3H3. The van der Waals surface area contributed by atoms with E-state index in [1.165, 1.54) is 11.8 Å². The molecule has 82 valence electrons. The van der Waals surface area contributed by atoms with Gasteiger partial charge in [-0.15, -0.1) is 0 Å². The van der Waals surface area contributed by atoms with Crippen LogP contribution in [0.3, 0.4) is 0 Å². The molecule has 0 N–H and O–H groups in total. The van der Waals surface area contributed by atoms with E-state index in [2.05, 4.69) is 0 Å². The van der Waals surface area contributed by atoms with Crippen LogP contribution in [0.1, 0.15) is 13.3 Å². The fraction of sp³-hybridized carbons (Fsp3) is 0.778. The second kappa shape index (κ2) is 7.67. The van der Waals surface area contributed by atoms with Crippen molar-refractivity contribution < 1.29 is 14.3 Å². The molecule has 0 saturated heterocycles. The number of hydrogen-bond donors (Lipinski definition) is 0. The minimum atomic E-state index is -0.253. The van der Waals surface area contributed by atoms with Crippen molar-refractivity contribution >= 4 is 23.6 Å². The Hall–Kier alpha value is -0.710. The van der Waals surface area contributed by atoms with Gasteiger partial charge >= 0.3 is 5.97 Å². The van der Waals surface area contributed by atoms with Crippen molar-refractivity contribution in [1.29, 1.82) is 0 Å². The lowest BCUT2D eigenvalue weighted by atomic mass is 10.4. The molecule has 0 spiro atoms. The molecule has 0 saturated carbocycles. The molecule has 0 aromatic heterocycles. The van der Waals surface area contributed by atoms with Crippen LogP contribution >= 0.6 is 11.8 Å². The summed E-state index contributed by atoms with van der Waals surface area (Å²) < 4.78 is 4.75. The monoisotopic (exact) mass is 219 g/mol. The summed E-state index contributed by atoms with van der Waals surface area (Å²) in [6.07, 6.45) is 2.14. The van der Waals surface area contributed by atoms with E-state index in [0.717, 1.165) is 0 Å². The van der Waals surface area contributed by atoms with Gasteiger partial charge in [-0.2, -0.15) is 11.8 Å². The van der Waals surface area contributed by atoms with E-state index in [1.54, 1.807) is 18.9 Å². The summed E-state index contributed by atoms with van der Waals surface area (Å²) in [7, 11) is 1.69. The highest BCUT2D eigenvalue weighted by molar-refractivity contribution is 7.99. The minimum Gasteiger partial charge on any atom is -0.466 e. The van der Waals surface area contributed by atoms with Crippen molar-refractivity contribution in [2.75, 3.05) is 32.2 Å². The lowest BCUT2D eigenvalue weighted by molar-refractivity contribution is -0.143. The molecule has 4 nitrogen and oxygen atoms in total. The Labute approximate surface area is 89.0 Å². The van der Waals surface area contributed by atoms with Crippen LogP contribution in [0, 0.1) is 0 Å². The number of esters is 1. The molecule has 0 atom stereocenters. The Morgan fingerprint density at radius 1 is 1.43 bits per heavy atom. The number of thioether (sulfide) groups is 1. The smallest absolute Gasteiger partial charge is 0.307 e. The van der Waals surface area contributed by atoms with Crippen LogP contribution in [0.5, 0.6) is 0 Å². The summed E-state index contributed by atoms with van der Waals surface area (Å²) in [4.78, 5) is 23.8. The van der Waals surface area contributed by atoms with Gasteiger partial charge in [-0.1, -0.05) is 0 Å².